The van der Waals surface area contributed by atoms with Crippen LogP contribution in [0.2, 0.25) is 5.02 Å². The predicted octanol–water partition coefficient (Wildman–Crippen LogP) is 2.63. The Balaban J connectivity index is 2.04. The van der Waals surface area contributed by atoms with E-state index in [1.807, 2.05) is 19.2 Å². The highest BCUT2D eigenvalue weighted by Gasteiger charge is 2.16. The van der Waals surface area contributed by atoms with Crippen LogP contribution in [0.3, 0.4) is 0 Å². The maximum Gasteiger partial charge on any atom is 0.124 e. The number of ether oxygens (including phenoxy) is 1. The third kappa shape index (κ3) is 3.61. The first-order valence-electron chi connectivity index (χ1n) is 6.54. The molecule has 19 heavy (non-hydrogen) atoms. The van der Waals surface area contributed by atoms with Crippen molar-refractivity contribution in [2.45, 2.75) is 25.4 Å². The van der Waals surface area contributed by atoms with Gasteiger partial charge in [0.1, 0.15) is 5.84 Å². The minimum atomic E-state index is -0.00480. The number of halogens is 1. The molecular weight excluding hydrogens is 262 g/mol. The maximum absolute atomic E-state index is 7.42. The SMILES string of the molecule is CN(CC1CCCCO1)c1ccc(C(=N)N)c(Cl)c1. The molecule has 1 heterocycles. The molecule has 0 aromatic heterocycles. The Morgan fingerprint density at radius 2 is 2.32 bits per heavy atom. The molecule has 1 aromatic carbocycles. The first-order chi connectivity index (χ1) is 9.08. The molecule has 0 bridgehead atoms. The average molecular weight is 282 g/mol. The average Bonchev–Trinajstić information content (AvgIpc) is 2.39. The Morgan fingerprint density at radius 1 is 1.53 bits per heavy atom. The summed E-state index contributed by atoms with van der Waals surface area (Å²) in [6.45, 7) is 1.72. The van der Waals surface area contributed by atoms with Crippen LogP contribution in [0.5, 0.6) is 0 Å². The van der Waals surface area contributed by atoms with Crippen molar-refractivity contribution < 1.29 is 4.74 Å². The lowest BCUT2D eigenvalue weighted by Crippen LogP contribution is -2.33. The van der Waals surface area contributed by atoms with Gasteiger partial charge in [0.15, 0.2) is 0 Å². The molecule has 1 aromatic rings. The van der Waals surface area contributed by atoms with Crippen LogP contribution in [-0.2, 0) is 4.74 Å². The molecule has 0 saturated carbocycles. The zero-order chi connectivity index (χ0) is 13.8. The molecule has 1 aliphatic rings. The number of nitrogens with one attached hydrogen (secondary N) is 1. The summed E-state index contributed by atoms with van der Waals surface area (Å²) in [6.07, 6.45) is 3.82. The van der Waals surface area contributed by atoms with Crippen LogP contribution >= 0.6 is 11.6 Å². The number of amidine groups is 1. The minimum Gasteiger partial charge on any atom is -0.384 e. The molecule has 5 heteroatoms. The molecule has 4 nitrogen and oxygen atoms in total. The summed E-state index contributed by atoms with van der Waals surface area (Å²) >= 11 is 6.13. The molecule has 3 N–H and O–H groups in total. The van der Waals surface area contributed by atoms with Gasteiger partial charge in [-0.05, 0) is 37.5 Å². The van der Waals surface area contributed by atoms with E-state index < -0.39 is 0 Å². The Bertz CT molecular complexity index is 458. The van der Waals surface area contributed by atoms with Gasteiger partial charge in [-0.15, -0.1) is 0 Å². The molecule has 1 atom stereocenters. The van der Waals surface area contributed by atoms with Crippen LogP contribution in [0.15, 0.2) is 18.2 Å². The molecule has 0 spiro atoms. The zero-order valence-corrected chi connectivity index (χ0v) is 11.9. The van der Waals surface area contributed by atoms with Gasteiger partial charge in [0.2, 0.25) is 0 Å². The van der Waals surface area contributed by atoms with Gasteiger partial charge < -0.3 is 15.4 Å². The van der Waals surface area contributed by atoms with Crippen molar-refractivity contribution in [3.05, 3.63) is 28.8 Å². The Morgan fingerprint density at radius 3 is 2.89 bits per heavy atom. The van der Waals surface area contributed by atoms with Gasteiger partial charge in [0.05, 0.1) is 11.1 Å². The van der Waals surface area contributed by atoms with E-state index in [9.17, 15) is 0 Å². The summed E-state index contributed by atoms with van der Waals surface area (Å²) in [4.78, 5) is 2.13. The van der Waals surface area contributed by atoms with Crippen LogP contribution in [0.25, 0.3) is 0 Å². The van der Waals surface area contributed by atoms with Crippen molar-refractivity contribution >= 4 is 23.1 Å². The molecule has 0 amide bonds. The first-order valence-corrected chi connectivity index (χ1v) is 6.92. The van der Waals surface area contributed by atoms with Crippen molar-refractivity contribution in [1.29, 1.82) is 5.41 Å². The minimum absolute atomic E-state index is 0.00480. The zero-order valence-electron chi connectivity index (χ0n) is 11.2. The lowest BCUT2D eigenvalue weighted by Gasteiger charge is -2.28. The van der Waals surface area contributed by atoms with Crippen molar-refractivity contribution in [3.8, 4) is 0 Å². The number of anilines is 1. The number of nitrogens with two attached hydrogens (primary N) is 1. The van der Waals surface area contributed by atoms with E-state index in [0.717, 1.165) is 25.3 Å². The Kier molecular flexibility index (Phi) is 4.66. The highest BCUT2D eigenvalue weighted by Crippen LogP contribution is 2.24. The predicted molar refractivity (Wildman–Crippen MR) is 79.3 cm³/mol. The molecule has 1 fully saturated rings. The largest absolute Gasteiger partial charge is 0.384 e. The summed E-state index contributed by atoms with van der Waals surface area (Å²) < 4.78 is 5.73. The normalized spacial score (nSPS) is 19.2. The van der Waals surface area contributed by atoms with Gasteiger partial charge >= 0.3 is 0 Å². The molecule has 104 valence electrons. The van der Waals surface area contributed by atoms with Crippen molar-refractivity contribution in [2.75, 3.05) is 25.1 Å². The van der Waals surface area contributed by atoms with Crippen LogP contribution in [0, 0.1) is 5.41 Å². The lowest BCUT2D eigenvalue weighted by molar-refractivity contribution is 0.0216. The van der Waals surface area contributed by atoms with E-state index in [4.69, 9.17) is 27.5 Å². The second-order valence-electron chi connectivity index (χ2n) is 4.95. The summed E-state index contributed by atoms with van der Waals surface area (Å²) in [7, 11) is 2.02. The highest BCUT2D eigenvalue weighted by molar-refractivity contribution is 6.34. The third-order valence-corrected chi connectivity index (χ3v) is 3.75. The number of nitrogens with zero attached hydrogens (tertiary/aromatic N) is 1. The Hall–Kier alpha value is -1.26. The standard InChI is InChI=1S/C14H20ClN3O/c1-18(9-11-4-2-3-7-19-11)10-5-6-12(14(16)17)13(15)8-10/h5-6,8,11H,2-4,7,9H2,1H3,(H3,16,17). The number of hydrogen-bond acceptors (Lipinski definition) is 3. The Labute approximate surface area is 119 Å². The first kappa shape index (κ1) is 14.2. The van der Waals surface area contributed by atoms with Gasteiger partial charge in [-0.3, -0.25) is 5.41 Å². The van der Waals surface area contributed by atoms with Gasteiger partial charge in [-0.2, -0.15) is 0 Å². The van der Waals surface area contributed by atoms with Gasteiger partial charge in [-0.1, -0.05) is 11.6 Å². The second-order valence-corrected chi connectivity index (χ2v) is 5.35. The summed E-state index contributed by atoms with van der Waals surface area (Å²) in [5.41, 5.74) is 7.05. The van der Waals surface area contributed by atoms with Crippen molar-refractivity contribution in [2.24, 2.45) is 5.73 Å². The lowest BCUT2D eigenvalue weighted by atomic mass is 10.1. The molecule has 1 unspecified atom stereocenters. The summed E-state index contributed by atoms with van der Waals surface area (Å²) in [5, 5.41) is 7.93. The van der Waals surface area contributed by atoms with Crippen LogP contribution in [0.1, 0.15) is 24.8 Å². The fraction of sp³-hybridized carbons (Fsp3) is 0.500. The quantitative estimate of drug-likeness (QED) is 0.659. The fourth-order valence-electron chi connectivity index (χ4n) is 2.32. The summed E-state index contributed by atoms with van der Waals surface area (Å²) in [6, 6.07) is 5.57. The van der Waals surface area contributed by atoms with Crippen LogP contribution in [-0.4, -0.2) is 32.1 Å². The number of benzene rings is 1. The highest BCUT2D eigenvalue weighted by atomic mass is 35.5. The number of hydrogen-bond donors (Lipinski definition) is 2. The van der Waals surface area contributed by atoms with E-state index >= 15 is 0 Å². The third-order valence-electron chi connectivity index (χ3n) is 3.44. The van der Waals surface area contributed by atoms with E-state index in [0.29, 0.717) is 16.7 Å². The topological polar surface area (TPSA) is 62.3 Å². The molecule has 2 rings (SSSR count). The van der Waals surface area contributed by atoms with Crippen LogP contribution in [0.4, 0.5) is 5.69 Å². The second kappa shape index (κ2) is 6.26. The number of likely N-dealkylation sites (N-methyl/N-ethyl adjacent to an activating group) is 1. The number of rotatable bonds is 4. The summed E-state index contributed by atoms with van der Waals surface area (Å²) in [5.74, 6) is -0.00480. The monoisotopic (exact) mass is 281 g/mol. The van der Waals surface area contributed by atoms with E-state index in [2.05, 4.69) is 4.90 Å². The number of nitrogen functional groups attached to an aromatic ring is 1. The molecular formula is C14H20ClN3O. The van der Waals surface area contributed by atoms with Crippen molar-refractivity contribution in [3.63, 3.8) is 0 Å². The van der Waals surface area contributed by atoms with Crippen LogP contribution < -0.4 is 10.6 Å². The van der Waals surface area contributed by atoms with Crippen molar-refractivity contribution in [1.82, 2.24) is 0 Å². The van der Waals surface area contributed by atoms with Gasteiger partial charge in [0, 0.05) is 31.5 Å². The van der Waals surface area contributed by atoms with Gasteiger partial charge in [-0.25, -0.2) is 0 Å². The van der Waals surface area contributed by atoms with E-state index in [1.165, 1.54) is 12.8 Å². The molecule has 0 aliphatic carbocycles. The molecule has 1 aliphatic heterocycles. The fourth-order valence-corrected chi connectivity index (χ4v) is 2.60. The van der Waals surface area contributed by atoms with Gasteiger partial charge in [0.25, 0.3) is 0 Å². The van der Waals surface area contributed by atoms with E-state index in [-0.39, 0.29) is 5.84 Å². The van der Waals surface area contributed by atoms with E-state index in [1.54, 1.807) is 6.07 Å². The smallest absolute Gasteiger partial charge is 0.124 e. The maximum atomic E-state index is 7.42. The molecule has 0 radical (unpaired) electrons. The molecule has 1 saturated heterocycles.